The molecule has 0 unspecified atom stereocenters. The van der Waals surface area contributed by atoms with Gasteiger partial charge in [0.25, 0.3) is 5.95 Å². The molecule has 0 aliphatic rings. The quantitative estimate of drug-likeness (QED) is 0.493. The Morgan fingerprint density at radius 1 is 1.00 bits per heavy atom. The smallest absolute Gasteiger partial charge is 0.251 e. The molecule has 1 N–H and O–H groups in total. The molecule has 2 aromatic rings. The summed E-state index contributed by atoms with van der Waals surface area (Å²) >= 11 is 1.70. The van der Waals surface area contributed by atoms with Crippen LogP contribution >= 0.6 is 22.6 Å². The highest BCUT2D eigenvalue weighted by Crippen LogP contribution is 2.25. The fraction of sp³-hybridized carbons (Fsp3) is 0. The van der Waals surface area contributed by atoms with Crippen LogP contribution in [0.15, 0.2) is 24.3 Å². The number of nitrogens with zero attached hydrogens (tertiary/aromatic N) is 1. The third-order valence-corrected chi connectivity index (χ3v) is 3.19. The van der Waals surface area contributed by atoms with Crippen molar-refractivity contribution < 1.29 is 17.6 Å². The lowest BCUT2D eigenvalue weighted by molar-refractivity contribution is 0.467. The molecular weight excluding hydrogens is 363 g/mol. The van der Waals surface area contributed by atoms with Gasteiger partial charge >= 0.3 is 0 Å². The highest BCUT2D eigenvalue weighted by atomic mass is 127. The number of halogens is 5. The molecule has 18 heavy (non-hydrogen) atoms. The normalized spacial score (nSPS) is 10.5. The minimum Gasteiger partial charge on any atom is -0.337 e. The van der Waals surface area contributed by atoms with E-state index in [0.29, 0.717) is 6.07 Å². The van der Waals surface area contributed by atoms with Crippen molar-refractivity contribution in [2.75, 3.05) is 5.32 Å². The molecule has 0 radical (unpaired) electrons. The van der Waals surface area contributed by atoms with Crippen molar-refractivity contribution in [3.63, 3.8) is 0 Å². The van der Waals surface area contributed by atoms with Gasteiger partial charge in [-0.05, 0) is 34.7 Å². The third kappa shape index (κ3) is 2.55. The summed E-state index contributed by atoms with van der Waals surface area (Å²) in [6.07, 6.45) is 0. The summed E-state index contributed by atoms with van der Waals surface area (Å²) in [7, 11) is 0. The van der Waals surface area contributed by atoms with E-state index < -0.39 is 29.2 Å². The molecule has 2 rings (SSSR count). The first-order valence-corrected chi connectivity index (χ1v) is 5.79. The molecule has 7 heteroatoms. The van der Waals surface area contributed by atoms with E-state index in [1.54, 1.807) is 22.6 Å². The zero-order chi connectivity index (χ0) is 13.3. The Labute approximate surface area is 113 Å². The maximum Gasteiger partial charge on any atom is 0.251 e. The summed E-state index contributed by atoms with van der Waals surface area (Å²) in [6.45, 7) is 0. The first-order valence-electron chi connectivity index (χ1n) is 4.71. The number of hydrogen-bond donors (Lipinski definition) is 1. The highest BCUT2D eigenvalue weighted by molar-refractivity contribution is 14.1. The summed E-state index contributed by atoms with van der Waals surface area (Å²) in [5, 5.41) is 2.41. The van der Waals surface area contributed by atoms with Crippen LogP contribution in [0.4, 0.5) is 29.1 Å². The first-order chi connectivity index (χ1) is 8.49. The largest absolute Gasteiger partial charge is 0.337 e. The predicted molar refractivity (Wildman–Crippen MR) is 66.5 cm³/mol. The fourth-order valence-electron chi connectivity index (χ4n) is 1.26. The van der Waals surface area contributed by atoms with E-state index in [1.165, 1.54) is 18.2 Å². The molecule has 0 saturated heterocycles. The Hall–Kier alpha value is -1.38. The standard InChI is InChI=1S/C11H5F4IN2/c12-5-2-1-3-8(9(5)16)17-11-7(14)4-6(13)10(15)18-11/h1-4H,(H,17,18). The molecule has 1 heterocycles. The van der Waals surface area contributed by atoms with Crippen LogP contribution in [0.3, 0.4) is 0 Å². The Morgan fingerprint density at radius 3 is 2.44 bits per heavy atom. The van der Waals surface area contributed by atoms with E-state index in [1.807, 2.05) is 0 Å². The maximum atomic E-state index is 13.3. The number of hydrogen-bond acceptors (Lipinski definition) is 2. The molecule has 1 aromatic heterocycles. The molecule has 0 aliphatic heterocycles. The highest BCUT2D eigenvalue weighted by Gasteiger charge is 2.13. The molecule has 0 atom stereocenters. The van der Waals surface area contributed by atoms with Gasteiger partial charge in [0, 0.05) is 6.07 Å². The number of benzene rings is 1. The molecular formula is C11H5F4IN2. The second-order valence-electron chi connectivity index (χ2n) is 3.32. The summed E-state index contributed by atoms with van der Waals surface area (Å²) < 4.78 is 52.3. The van der Waals surface area contributed by atoms with Crippen LogP contribution in [0.2, 0.25) is 0 Å². The van der Waals surface area contributed by atoms with Crippen molar-refractivity contribution in [3.8, 4) is 0 Å². The Bertz CT molecular complexity index is 604. The molecule has 0 fully saturated rings. The van der Waals surface area contributed by atoms with Crippen molar-refractivity contribution in [1.82, 2.24) is 4.98 Å². The Balaban J connectivity index is 2.40. The molecule has 0 bridgehead atoms. The second kappa shape index (κ2) is 5.09. The van der Waals surface area contributed by atoms with Crippen LogP contribution in [0, 0.1) is 27.0 Å². The average Bonchev–Trinajstić information content (AvgIpc) is 2.32. The van der Waals surface area contributed by atoms with E-state index >= 15 is 0 Å². The van der Waals surface area contributed by atoms with Gasteiger partial charge < -0.3 is 5.32 Å². The lowest BCUT2D eigenvalue weighted by Gasteiger charge is -2.09. The summed E-state index contributed by atoms with van der Waals surface area (Å²) in [5.41, 5.74) is 0.216. The monoisotopic (exact) mass is 368 g/mol. The van der Waals surface area contributed by atoms with Gasteiger partial charge in [0.15, 0.2) is 17.5 Å². The number of rotatable bonds is 2. The van der Waals surface area contributed by atoms with Crippen molar-refractivity contribution >= 4 is 34.1 Å². The Morgan fingerprint density at radius 2 is 1.72 bits per heavy atom. The van der Waals surface area contributed by atoms with Gasteiger partial charge in [0.2, 0.25) is 0 Å². The number of aromatic nitrogens is 1. The van der Waals surface area contributed by atoms with Crippen LogP contribution in [0.1, 0.15) is 0 Å². The van der Waals surface area contributed by atoms with Crippen LogP contribution in [0.5, 0.6) is 0 Å². The molecule has 0 amide bonds. The first kappa shape index (κ1) is 13.1. The van der Waals surface area contributed by atoms with Gasteiger partial charge in [0.05, 0.1) is 9.26 Å². The van der Waals surface area contributed by atoms with Crippen molar-refractivity contribution in [2.24, 2.45) is 0 Å². The summed E-state index contributed by atoms with van der Waals surface area (Å²) in [5.74, 6) is -4.88. The van der Waals surface area contributed by atoms with Crippen molar-refractivity contribution in [3.05, 3.63) is 51.2 Å². The van der Waals surface area contributed by atoms with E-state index in [2.05, 4.69) is 10.3 Å². The van der Waals surface area contributed by atoms with Crippen LogP contribution in [-0.2, 0) is 0 Å². The molecule has 2 nitrogen and oxygen atoms in total. The minimum atomic E-state index is -1.43. The summed E-state index contributed by atoms with van der Waals surface area (Å²) in [4.78, 5) is 3.08. The number of pyridine rings is 1. The van der Waals surface area contributed by atoms with Crippen molar-refractivity contribution in [2.45, 2.75) is 0 Å². The van der Waals surface area contributed by atoms with E-state index in [9.17, 15) is 17.6 Å². The zero-order valence-corrected chi connectivity index (χ0v) is 10.8. The molecule has 0 saturated carbocycles. The van der Waals surface area contributed by atoms with Gasteiger partial charge in [-0.1, -0.05) is 6.07 Å². The van der Waals surface area contributed by atoms with E-state index in [4.69, 9.17) is 0 Å². The number of anilines is 2. The molecule has 0 aliphatic carbocycles. The maximum absolute atomic E-state index is 13.3. The number of nitrogens with one attached hydrogen (secondary N) is 1. The minimum absolute atomic E-state index is 0.195. The van der Waals surface area contributed by atoms with Gasteiger partial charge in [-0.15, -0.1) is 0 Å². The van der Waals surface area contributed by atoms with Crippen LogP contribution in [-0.4, -0.2) is 4.98 Å². The summed E-state index contributed by atoms with van der Waals surface area (Å²) in [6, 6.07) is 4.46. The molecule has 94 valence electrons. The zero-order valence-electron chi connectivity index (χ0n) is 8.65. The molecule has 1 aromatic carbocycles. The van der Waals surface area contributed by atoms with Crippen molar-refractivity contribution in [1.29, 1.82) is 0 Å². The average molecular weight is 368 g/mol. The van der Waals surface area contributed by atoms with Gasteiger partial charge in [-0.2, -0.15) is 9.37 Å². The van der Waals surface area contributed by atoms with Gasteiger partial charge in [-0.25, -0.2) is 13.2 Å². The topological polar surface area (TPSA) is 24.9 Å². The van der Waals surface area contributed by atoms with Crippen LogP contribution in [0.25, 0.3) is 0 Å². The predicted octanol–water partition coefficient (Wildman–Crippen LogP) is 3.99. The van der Waals surface area contributed by atoms with E-state index in [0.717, 1.165) is 0 Å². The Kier molecular flexibility index (Phi) is 3.69. The lowest BCUT2D eigenvalue weighted by Crippen LogP contribution is -2.03. The van der Waals surface area contributed by atoms with Gasteiger partial charge in [-0.3, -0.25) is 0 Å². The van der Waals surface area contributed by atoms with Gasteiger partial charge in [0.1, 0.15) is 5.82 Å². The second-order valence-corrected chi connectivity index (χ2v) is 4.40. The third-order valence-electron chi connectivity index (χ3n) is 2.09. The molecule has 0 spiro atoms. The fourth-order valence-corrected chi connectivity index (χ4v) is 1.75. The SMILES string of the molecule is Fc1cc(F)c(Nc2cccc(F)c2I)nc1F. The van der Waals surface area contributed by atoms with Crippen LogP contribution < -0.4 is 5.32 Å². The van der Waals surface area contributed by atoms with E-state index in [-0.39, 0.29) is 9.26 Å². The lowest BCUT2D eigenvalue weighted by atomic mass is 10.3.